The molecular weight excluding hydrogens is 258 g/mol. The molecule has 3 rings (SSSR count). The van der Waals surface area contributed by atoms with Crippen LogP contribution in [0.25, 0.3) is 11.2 Å². The van der Waals surface area contributed by atoms with Crippen LogP contribution in [0.5, 0.6) is 0 Å². The van der Waals surface area contributed by atoms with Crippen LogP contribution in [0.2, 0.25) is 0 Å². The first-order valence-electron chi connectivity index (χ1n) is 6.27. The van der Waals surface area contributed by atoms with Gasteiger partial charge in [-0.3, -0.25) is 0 Å². The van der Waals surface area contributed by atoms with Gasteiger partial charge in [0.2, 0.25) is 0 Å². The van der Waals surface area contributed by atoms with E-state index in [-0.39, 0.29) is 0 Å². The molecule has 0 saturated carbocycles. The molecule has 3 aromatic rings. The van der Waals surface area contributed by atoms with Crippen molar-refractivity contribution >= 4 is 17.0 Å². The number of rotatable bonds is 3. The highest BCUT2D eigenvalue weighted by molar-refractivity contribution is 5.81. The van der Waals surface area contributed by atoms with Gasteiger partial charge in [0.05, 0.1) is 5.69 Å². The van der Waals surface area contributed by atoms with Crippen molar-refractivity contribution in [2.75, 3.05) is 11.9 Å². The van der Waals surface area contributed by atoms with Gasteiger partial charge in [-0.05, 0) is 13.8 Å². The van der Waals surface area contributed by atoms with Gasteiger partial charge in [-0.2, -0.15) is 4.98 Å². The molecule has 20 heavy (non-hydrogen) atoms. The van der Waals surface area contributed by atoms with Gasteiger partial charge >= 0.3 is 0 Å². The number of nitrogens with zero attached hydrogens (tertiary/aromatic N) is 5. The molecule has 0 aromatic carbocycles. The summed E-state index contributed by atoms with van der Waals surface area (Å²) in [6.45, 7) is 6.26. The van der Waals surface area contributed by atoms with E-state index in [0.717, 1.165) is 22.8 Å². The number of hydrogen-bond donors (Lipinski definition) is 0. The van der Waals surface area contributed by atoms with Gasteiger partial charge in [0.1, 0.15) is 12.1 Å². The fourth-order valence-corrected chi connectivity index (χ4v) is 2.17. The van der Waals surface area contributed by atoms with Crippen molar-refractivity contribution < 1.29 is 8.94 Å². The Morgan fingerprint density at radius 3 is 2.70 bits per heavy atom. The number of aryl methyl sites for hydroxylation is 3. The summed E-state index contributed by atoms with van der Waals surface area (Å²) >= 11 is 0. The van der Waals surface area contributed by atoms with Crippen LogP contribution in [-0.4, -0.2) is 27.2 Å². The van der Waals surface area contributed by atoms with Crippen molar-refractivity contribution in [1.29, 1.82) is 0 Å². The maximum Gasteiger partial charge on any atom is 0.252 e. The van der Waals surface area contributed by atoms with Gasteiger partial charge in [-0.15, -0.1) is 0 Å². The van der Waals surface area contributed by atoms with Gasteiger partial charge in [0.15, 0.2) is 17.2 Å². The van der Waals surface area contributed by atoms with E-state index in [1.807, 2.05) is 25.8 Å². The Hall–Kier alpha value is -2.44. The van der Waals surface area contributed by atoms with Crippen molar-refractivity contribution in [1.82, 2.24) is 20.1 Å². The summed E-state index contributed by atoms with van der Waals surface area (Å²) in [5, 5.41) is 3.96. The monoisotopic (exact) mass is 273 g/mol. The van der Waals surface area contributed by atoms with Crippen LogP contribution < -0.4 is 4.90 Å². The molecule has 0 aliphatic rings. The molecule has 0 spiro atoms. The van der Waals surface area contributed by atoms with Crippen LogP contribution in [-0.2, 0) is 6.54 Å². The van der Waals surface area contributed by atoms with Crippen LogP contribution in [0.1, 0.15) is 22.9 Å². The molecule has 0 bridgehead atoms. The topological polar surface area (TPSA) is 81.1 Å². The lowest BCUT2D eigenvalue weighted by atomic mass is 10.2. The summed E-state index contributed by atoms with van der Waals surface area (Å²) in [7, 11) is 1.94. The van der Waals surface area contributed by atoms with E-state index < -0.39 is 0 Å². The zero-order valence-corrected chi connectivity index (χ0v) is 11.8. The van der Waals surface area contributed by atoms with E-state index in [1.54, 1.807) is 6.92 Å². The molecule has 0 radical (unpaired) electrons. The quantitative estimate of drug-likeness (QED) is 0.723. The molecule has 0 atom stereocenters. The maximum atomic E-state index is 5.42. The molecule has 7 heteroatoms. The highest BCUT2D eigenvalue weighted by Crippen LogP contribution is 2.24. The van der Waals surface area contributed by atoms with Crippen molar-refractivity contribution in [3.8, 4) is 0 Å². The first kappa shape index (κ1) is 12.6. The van der Waals surface area contributed by atoms with Crippen molar-refractivity contribution in [2.24, 2.45) is 0 Å². The lowest BCUT2D eigenvalue weighted by molar-refractivity contribution is 0.392. The molecule has 0 aliphatic carbocycles. The maximum absolute atomic E-state index is 5.42. The smallest absolute Gasteiger partial charge is 0.252 e. The Labute approximate surface area is 115 Å². The zero-order chi connectivity index (χ0) is 14.3. The van der Waals surface area contributed by atoms with Crippen LogP contribution in [0.4, 0.5) is 5.82 Å². The Morgan fingerprint density at radius 1 is 1.20 bits per heavy atom. The number of anilines is 1. The Bertz CT molecular complexity index is 742. The van der Waals surface area contributed by atoms with E-state index in [4.69, 9.17) is 8.94 Å². The summed E-state index contributed by atoms with van der Waals surface area (Å²) < 4.78 is 10.6. The summed E-state index contributed by atoms with van der Waals surface area (Å²) in [4.78, 5) is 14.7. The fraction of sp³-hybridized carbons (Fsp3) is 0.385. The first-order chi connectivity index (χ1) is 9.56. The minimum absolute atomic E-state index is 0.498. The number of fused-ring (bicyclic) bond motifs is 1. The molecule has 104 valence electrons. The molecule has 0 saturated heterocycles. The normalized spacial score (nSPS) is 11.2. The highest BCUT2D eigenvalue weighted by atomic mass is 16.5. The summed E-state index contributed by atoms with van der Waals surface area (Å²) in [6.07, 6.45) is 1.48. The Balaban J connectivity index is 1.98. The number of oxazole rings is 1. The van der Waals surface area contributed by atoms with Crippen LogP contribution in [0, 0.1) is 20.8 Å². The molecule has 0 N–H and O–H groups in total. The van der Waals surface area contributed by atoms with Gasteiger partial charge in [-0.1, -0.05) is 5.16 Å². The SMILES string of the molecule is Cc1nc2c(N(C)Cc3c(C)noc3C)ncnc2o1. The van der Waals surface area contributed by atoms with Gasteiger partial charge in [-0.25, -0.2) is 9.97 Å². The lowest BCUT2D eigenvalue weighted by Crippen LogP contribution is -2.19. The van der Waals surface area contributed by atoms with E-state index in [9.17, 15) is 0 Å². The van der Waals surface area contributed by atoms with Gasteiger partial charge < -0.3 is 13.8 Å². The largest absolute Gasteiger partial charge is 0.422 e. The number of hydrogen-bond acceptors (Lipinski definition) is 7. The van der Waals surface area contributed by atoms with Crippen molar-refractivity contribution in [3.05, 3.63) is 29.2 Å². The predicted octanol–water partition coefficient (Wildman–Crippen LogP) is 2.17. The third-order valence-corrected chi connectivity index (χ3v) is 3.22. The Morgan fingerprint density at radius 2 is 2.00 bits per heavy atom. The fourth-order valence-electron chi connectivity index (χ4n) is 2.17. The average molecular weight is 273 g/mol. The summed E-state index contributed by atoms with van der Waals surface area (Å²) in [6, 6.07) is 0. The minimum Gasteiger partial charge on any atom is -0.422 e. The average Bonchev–Trinajstić information content (AvgIpc) is 2.94. The molecule has 0 fully saturated rings. The second-order valence-electron chi connectivity index (χ2n) is 4.74. The van der Waals surface area contributed by atoms with E-state index in [1.165, 1.54) is 6.33 Å². The van der Waals surface area contributed by atoms with E-state index >= 15 is 0 Å². The molecule has 3 heterocycles. The van der Waals surface area contributed by atoms with Crippen LogP contribution >= 0.6 is 0 Å². The van der Waals surface area contributed by atoms with Crippen molar-refractivity contribution in [2.45, 2.75) is 27.3 Å². The molecule has 0 unspecified atom stereocenters. The molecular formula is C13H15N5O2. The van der Waals surface area contributed by atoms with Crippen molar-refractivity contribution in [3.63, 3.8) is 0 Å². The second-order valence-corrected chi connectivity index (χ2v) is 4.74. The standard InChI is InChI=1S/C13H15N5O2/c1-7-10(8(2)20-17-7)5-18(4)12-11-13(15-6-14-12)19-9(3)16-11/h6H,5H2,1-4H3. The minimum atomic E-state index is 0.498. The lowest BCUT2D eigenvalue weighted by Gasteiger charge is -2.17. The van der Waals surface area contributed by atoms with E-state index in [2.05, 4.69) is 20.1 Å². The predicted molar refractivity (Wildman–Crippen MR) is 72.4 cm³/mol. The van der Waals surface area contributed by atoms with Crippen LogP contribution in [0.15, 0.2) is 15.3 Å². The van der Waals surface area contributed by atoms with Crippen LogP contribution in [0.3, 0.4) is 0 Å². The summed E-state index contributed by atoms with van der Waals surface area (Å²) in [5.41, 5.74) is 3.10. The second kappa shape index (κ2) is 4.59. The van der Waals surface area contributed by atoms with E-state index in [0.29, 0.717) is 23.7 Å². The zero-order valence-electron chi connectivity index (χ0n) is 11.8. The third kappa shape index (κ3) is 2.01. The Kier molecular flexibility index (Phi) is 2.89. The van der Waals surface area contributed by atoms with Gasteiger partial charge in [0.25, 0.3) is 5.71 Å². The molecule has 7 nitrogen and oxygen atoms in total. The molecule has 3 aromatic heterocycles. The molecule has 0 amide bonds. The first-order valence-corrected chi connectivity index (χ1v) is 6.27. The summed E-state index contributed by atoms with van der Waals surface area (Å²) in [5.74, 6) is 2.12. The molecule has 0 aliphatic heterocycles. The highest BCUT2D eigenvalue weighted by Gasteiger charge is 2.17. The van der Waals surface area contributed by atoms with Gasteiger partial charge in [0, 0.05) is 26.1 Å². The third-order valence-electron chi connectivity index (χ3n) is 3.22. The number of aromatic nitrogens is 4.